The summed E-state index contributed by atoms with van der Waals surface area (Å²) in [7, 11) is 0.553. The lowest BCUT2D eigenvalue weighted by Crippen LogP contribution is -2.49. The smallest absolute Gasteiger partial charge is 0.236 e. The van der Waals surface area contributed by atoms with Crippen molar-refractivity contribution in [3.63, 3.8) is 0 Å². The molecule has 2 N–H and O–H groups in total. The standard InChI is InChI=1S/C25H40N2OSi/c1-18(2)24(3,4)29-28-10-9-26-22-7-5-6-8-23(22)27-17-25-14-19-11-20(15-25)13-21(12-19)16-25/h5-8,18-21,26-27H,9-17H2,1-4H3. The first-order valence-electron chi connectivity index (χ1n) is 11.8. The maximum absolute atomic E-state index is 5.99. The molecule has 0 saturated heterocycles. The van der Waals surface area contributed by atoms with Gasteiger partial charge in [-0.3, -0.25) is 0 Å². The SMILES string of the molecule is CC(C)C(C)(C)[Si]OCCNc1ccccc1NCC12CC3CC(CC(C3)C1)C2. The van der Waals surface area contributed by atoms with Crippen molar-refractivity contribution in [3.8, 4) is 0 Å². The van der Waals surface area contributed by atoms with E-state index in [0.717, 1.165) is 37.5 Å². The van der Waals surface area contributed by atoms with Crippen molar-refractivity contribution >= 4 is 21.1 Å². The predicted octanol–water partition coefficient (Wildman–Crippen LogP) is 6.22. The van der Waals surface area contributed by atoms with Gasteiger partial charge in [0.2, 0.25) is 9.76 Å². The van der Waals surface area contributed by atoms with E-state index in [4.69, 9.17) is 4.43 Å². The summed E-state index contributed by atoms with van der Waals surface area (Å²) in [6, 6.07) is 8.70. The molecule has 3 nitrogen and oxygen atoms in total. The van der Waals surface area contributed by atoms with Crippen molar-refractivity contribution in [1.29, 1.82) is 0 Å². The molecule has 4 aliphatic rings. The Morgan fingerprint density at radius 1 is 1.00 bits per heavy atom. The lowest BCUT2D eigenvalue weighted by Gasteiger charge is -2.57. The van der Waals surface area contributed by atoms with Crippen molar-refractivity contribution in [2.24, 2.45) is 29.1 Å². The number of anilines is 2. The highest BCUT2D eigenvalue weighted by molar-refractivity contribution is 6.32. The van der Waals surface area contributed by atoms with E-state index >= 15 is 0 Å². The van der Waals surface area contributed by atoms with Crippen LogP contribution in [0.5, 0.6) is 0 Å². The van der Waals surface area contributed by atoms with Gasteiger partial charge >= 0.3 is 0 Å². The molecule has 4 heteroatoms. The van der Waals surface area contributed by atoms with E-state index in [9.17, 15) is 0 Å². The topological polar surface area (TPSA) is 33.3 Å². The van der Waals surface area contributed by atoms with Gasteiger partial charge in [0.15, 0.2) is 0 Å². The predicted molar refractivity (Wildman–Crippen MR) is 125 cm³/mol. The van der Waals surface area contributed by atoms with Crippen molar-refractivity contribution in [2.75, 3.05) is 30.3 Å². The molecule has 1 aromatic rings. The molecule has 0 aromatic heterocycles. The van der Waals surface area contributed by atoms with Crippen LogP contribution in [-0.4, -0.2) is 29.5 Å². The monoisotopic (exact) mass is 412 g/mol. The largest absolute Gasteiger partial charge is 0.415 e. The minimum atomic E-state index is 0.261. The van der Waals surface area contributed by atoms with Crippen LogP contribution in [0, 0.1) is 29.1 Å². The molecule has 4 bridgehead atoms. The summed E-state index contributed by atoms with van der Waals surface area (Å²) >= 11 is 0. The first kappa shape index (κ1) is 21.2. The number of hydrogen-bond acceptors (Lipinski definition) is 3. The molecule has 4 aliphatic carbocycles. The quantitative estimate of drug-likeness (QED) is 0.354. The van der Waals surface area contributed by atoms with Crippen molar-refractivity contribution in [2.45, 2.75) is 71.3 Å². The molecule has 5 rings (SSSR count). The number of nitrogens with one attached hydrogen (secondary N) is 2. The Hall–Kier alpha value is -1.00. The van der Waals surface area contributed by atoms with Crippen LogP contribution in [0.15, 0.2) is 24.3 Å². The molecule has 4 fully saturated rings. The molecule has 160 valence electrons. The summed E-state index contributed by atoms with van der Waals surface area (Å²) in [4.78, 5) is 0. The van der Waals surface area contributed by atoms with Gasteiger partial charge in [0, 0.05) is 13.1 Å². The first-order chi connectivity index (χ1) is 13.9. The van der Waals surface area contributed by atoms with E-state index in [-0.39, 0.29) is 5.04 Å². The molecule has 4 saturated carbocycles. The highest BCUT2D eigenvalue weighted by Gasteiger charge is 2.50. The normalized spacial score (nSPS) is 30.7. The van der Waals surface area contributed by atoms with Gasteiger partial charge in [0.25, 0.3) is 0 Å². The molecule has 0 amide bonds. The van der Waals surface area contributed by atoms with Gasteiger partial charge < -0.3 is 15.1 Å². The van der Waals surface area contributed by atoms with Crippen LogP contribution < -0.4 is 10.6 Å². The van der Waals surface area contributed by atoms with Crippen LogP contribution in [0.1, 0.15) is 66.2 Å². The maximum Gasteiger partial charge on any atom is 0.236 e. The summed E-state index contributed by atoms with van der Waals surface area (Å²) in [5, 5.41) is 7.71. The molecule has 1 aromatic carbocycles. The lowest BCUT2D eigenvalue weighted by molar-refractivity contribution is -0.0444. The molecule has 29 heavy (non-hydrogen) atoms. The number of para-hydroxylation sites is 2. The third-order valence-corrected chi connectivity index (χ3v) is 9.50. The Balaban J connectivity index is 1.27. The zero-order chi connectivity index (χ0) is 20.5. The third kappa shape index (κ3) is 5.02. The van der Waals surface area contributed by atoms with Crippen LogP contribution in [0.3, 0.4) is 0 Å². The van der Waals surface area contributed by atoms with Gasteiger partial charge in [0.1, 0.15) is 0 Å². The van der Waals surface area contributed by atoms with Crippen LogP contribution in [0.2, 0.25) is 5.04 Å². The number of benzene rings is 1. The minimum Gasteiger partial charge on any atom is -0.415 e. The van der Waals surface area contributed by atoms with E-state index in [1.807, 2.05) is 0 Å². The van der Waals surface area contributed by atoms with Crippen molar-refractivity contribution < 1.29 is 4.43 Å². The number of rotatable bonds is 10. The fourth-order valence-corrected chi connectivity index (χ4v) is 6.98. The zero-order valence-corrected chi connectivity index (χ0v) is 19.9. The lowest BCUT2D eigenvalue weighted by atomic mass is 9.49. The van der Waals surface area contributed by atoms with Crippen molar-refractivity contribution in [1.82, 2.24) is 0 Å². The van der Waals surface area contributed by atoms with Gasteiger partial charge in [-0.05, 0) is 84.8 Å². The minimum absolute atomic E-state index is 0.261. The Bertz CT molecular complexity index is 652. The zero-order valence-electron chi connectivity index (χ0n) is 18.9. The molecule has 0 aliphatic heterocycles. The average Bonchev–Trinajstić information content (AvgIpc) is 2.65. The summed E-state index contributed by atoms with van der Waals surface area (Å²) < 4.78 is 5.99. The molecule has 0 heterocycles. The molecular formula is C25H40N2OSi. The third-order valence-electron chi connectivity index (χ3n) is 8.04. The Morgan fingerprint density at radius 3 is 2.10 bits per heavy atom. The Labute approximate surface area is 180 Å². The van der Waals surface area contributed by atoms with Gasteiger partial charge in [-0.25, -0.2) is 0 Å². The molecule has 0 spiro atoms. The number of hydrogen-bond donors (Lipinski definition) is 2. The van der Waals surface area contributed by atoms with Crippen LogP contribution in [0.25, 0.3) is 0 Å². The van der Waals surface area contributed by atoms with Crippen LogP contribution in [0.4, 0.5) is 11.4 Å². The van der Waals surface area contributed by atoms with E-state index in [0.29, 0.717) is 21.1 Å². The molecule has 0 unspecified atom stereocenters. The second-order valence-electron chi connectivity index (χ2n) is 11.1. The van der Waals surface area contributed by atoms with E-state index in [2.05, 4.69) is 62.6 Å². The molecule has 2 radical (unpaired) electrons. The second-order valence-corrected chi connectivity index (χ2v) is 12.9. The van der Waals surface area contributed by atoms with Gasteiger partial charge in [-0.2, -0.15) is 0 Å². The molecular weight excluding hydrogens is 372 g/mol. The highest BCUT2D eigenvalue weighted by Crippen LogP contribution is 2.60. The Kier molecular flexibility index (Phi) is 6.32. The summed E-state index contributed by atoms with van der Waals surface area (Å²) in [5.41, 5.74) is 3.04. The Morgan fingerprint density at radius 2 is 1.55 bits per heavy atom. The van der Waals surface area contributed by atoms with Crippen molar-refractivity contribution in [3.05, 3.63) is 24.3 Å². The summed E-state index contributed by atoms with van der Waals surface area (Å²) in [6.45, 7) is 11.9. The van der Waals surface area contributed by atoms with Crippen LogP contribution >= 0.6 is 0 Å². The van der Waals surface area contributed by atoms with Gasteiger partial charge in [-0.15, -0.1) is 0 Å². The maximum atomic E-state index is 5.99. The fourth-order valence-electron chi connectivity index (χ4n) is 6.17. The van der Waals surface area contributed by atoms with E-state index in [1.165, 1.54) is 49.9 Å². The average molecular weight is 413 g/mol. The second kappa shape index (κ2) is 8.62. The van der Waals surface area contributed by atoms with E-state index in [1.54, 1.807) is 0 Å². The highest BCUT2D eigenvalue weighted by atomic mass is 28.2. The van der Waals surface area contributed by atoms with Crippen LogP contribution in [-0.2, 0) is 4.43 Å². The first-order valence-corrected chi connectivity index (χ1v) is 12.7. The van der Waals surface area contributed by atoms with Gasteiger partial charge in [0.05, 0.1) is 18.0 Å². The van der Waals surface area contributed by atoms with Gasteiger partial charge in [-0.1, -0.05) is 39.8 Å². The fraction of sp³-hybridized carbons (Fsp3) is 0.760. The summed E-state index contributed by atoms with van der Waals surface area (Å²) in [5.74, 6) is 3.70. The molecule has 0 atom stereocenters. The van der Waals surface area contributed by atoms with E-state index < -0.39 is 0 Å². The summed E-state index contributed by atoms with van der Waals surface area (Å²) in [6.07, 6.45) is 8.94.